The first-order valence-electron chi connectivity index (χ1n) is 9.59. The van der Waals surface area contributed by atoms with Crippen LogP contribution in [0.4, 0.5) is 4.79 Å². The third-order valence-corrected chi connectivity index (χ3v) is 6.88. The molecule has 3 heterocycles. The second kappa shape index (κ2) is 6.97. The minimum absolute atomic E-state index is 0.0270. The number of hydrogen-bond acceptors (Lipinski definition) is 5. The van der Waals surface area contributed by atoms with Crippen LogP contribution in [0.2, 0.25) is 0 Å². The van der Waals surface area contributed by atoms with Crippen molar-refractivity contribution in [1.29, 1.82) is 0 Å². The molecule has 0 radical (unpaired) electrons. The van der Waals surface area contributed by atoms with Crippen molar-refractivity contribution in [3.8, 4) is 0 Å². The van der Waals surface area contributed by atoms with Crippen LogP contribution in [-0.2, 0) is 22.6 Å². The summed E-state index contributed by atoms with van der Waals surface area (Å²) in [4.78, 5) is 14.2. The quantitative estimate of drug-likeness (QED) is 0.777. The monoisotopic (exact) mass is 396 g/mol. The van der Waals surface area contributed by atoms with Crippen LogP contribution in [0.5, 0.6) is 0 Å². The van der Waals surface area contributed by atoms with E-state index in [1.54, 1.807) is 11.1 Å². The lowest BCUT2D eigenvalue weighted by molar-refractivity contribution is 0.00563. The van der Waals surface area contributed by atoms with Gasteiger partial charge in [-0.3, -0.25) is 4.68 Å². The number of fused-ring (bicyclic) bond motifs is 1. The number of ether oxygens (including phenoxy) is 1. The molecule has 1 fully saturated rings. The zero-order valence-corrected chi connectivity index (χ0v) is 18.1. The van der Waals surface area contributed by atoms with Crippen molar-refractivity contribution in [3.05, 3.63) is 18.0 Å². The SMILES string of the molecule is CC(C)(C)OC(=O)N1CCC2(CC1)Cn1nccc1[C@H]2N[S+]([O-])C(C)(C)C. The van der Waals surface area contributed by atoms with Crippen molar-refractivity contribution in [2.75, 3.05) is 13.1 Å². The number of nitrogens with zero attached hydrogens (tertiary/aromatic N) is 3. The zero-order chi connectivity index (χ0) is 20.0. The smallest absolute Gasteiger partial charge is 0.410 e. The lowest BCUT2D eigenvalue weighted by Crippen LogP contribution is -2.51. The van der Waals surface area contributed by atoms with Crippen LogP contribution in [0.25, 0.3) is 0 Å². The largest absolute Gasteiger partial charge is 0.598 e. The van der Waals surface area contributed by atoms with Crippen molar-refractivity contribution in [3.63, 3.8) is 0 Å². The highest BCUT2D eigenvalue weighted by Crippen LogP contribution is 2.49. The van der Waals surface area contributed by atoms with Crippen molar-refractivity contribution in [2.24, 2.45) is 5.41 Å². The highest BCUT2D eigenvalue weighted by Gasteiger charge is 2.52. The van der Waals surface area contributed by atoms with Gasteiger partial charge in [0.05, 0.1) is 5.69 Å². The third-order valence-electron chi connectivity index (χ3n) is 5.31. The van der Waals surface area contributed by atoms with Gasteiger partial charge in [0.25, 0.3) is 0 Å². The highest BCUT2D eigenvalue weighted by molar-refractivity contribution is 7.90. The van der Waals surface area contributed by atoms with Crippen LogP contribution in [0.3, 0.4) is 0 Å². The first kappa shape index (κ1) is 20.5. The molecule has 1 amide bonds. The number of hydrogen-bond donors (Lipinski definition) is 1. The van der Waals surface area contributed by atoms with Crippen LogP contribution in [0.1, 0.15) is 66.1 Å². The van der Waals surface area contributed by atoms with Gasteiger partial charge in [0.15, 0.2) is 0 Å². The summed E-state index contributed by atoms with van der Waals surface area (Å²) in [5.74, 6) is 0. The van der Waals surface area contributed by atoms with Gasteiger partial charge in [-0.2, -0.15) is 5.10 Å². The number of rotatable bonds is 2. The van der Waals surface area contributed by atoms with Gasteiger partial charge < -0.3 is 14.2 Å². The molecule has 1 aromatic heterocycles. The average Bonchev–Trinajstić information content (AvgIpc) is 3.07. The Morgan fingerprint density at radius 2 is 1.93 bits per heavy atom. The van der Waals surface area contributed by atoms with E-state index in [0.717, 1.165) is 25.1 Å². The minimum Gasteiger partial charge on any atom is -0.598 e. The summed E-state index contributed by atoms with van der Waals surface area (Å²) in [6.07, 6.45) is 3.20. The maximum atomic E-state index is 12.8. The van der Waals surface area contributed by atoms with Crippen LogP contribution < -0.4 is 4.72 Å². The maximum Gasteiger partial charge on any atom is 0.410 e. The van der Waals surface area contributed by atoms with Gasteiger partial charge in [0.1, 0.15) is 16.4 Å². The van der Waals surface area contributed by atoms with Crippen LogP contribution in [-0.4, -0.2) is 48.8 Å². The van der Waals surface area contributed by atoms with Gasteiger partial charge >= 0.3 is 6.09 Å². The van der Waals surface area contributed by atoms with Crippen molar-refractivity contribution >= 4 is 17.5 Å². The topological polar surface area (TPSA) is 82.5 Å². The number of nitrogens with one attached hydrogen (secondary N) is 1. The molecule has 1 N–H and O–H groups in total. The molecule has 0 saturated carbocycles. The van der Waals surface area contributed by atoms with Crippen LogP contribution >= 0.6 is 0 Å². The summed E-state index contributed by atoms with van der Waals surface area (Å²) in [6.45, 7) is 13.6. The Bertz CT molecular complexity index is 684. The summed E-state index contributed by atoms with van der Waals surface area (Å²) in [7, 11) is 0. The van der Waals surface area contributed by atoms with Gasteiger partial charge in [-0.15, -0.1) is 4.72 Å². The molecular weight excluding hydrogens is 364 g/mol. The lowest BCUT2D eigenvalue weighted by atomic mass is 9.74. The molecule has 0 bridgehead atoms. The standard InChI is InChI=1S/C19H32N4O3S/c1-17(2,3)26-16(24)22-11-8-19(9-12-22)13-23-14(7-10-20-23)15(19)21-27(25)18(4,5)6/h7,10,15,21H,8-9,11-13H2,1-6H3/t15-,27?/m1/s1. The van der Waals surface area contributed by atoms with E-state index < -0.39 is 17.0 Å². The summed E-state index contributed by atoms with van der Waals surface area (Å²) >= 11 is -1.17. The van der Waals surface area contributed by atoms with E-state index in [0.29, 0.717) is 13.1 Å². The summed E-state index contributed by atoms with van der Waals surface area (Å²) < 4.78 is 23.4. The van der Waals surface area contributed by atoms with E-state index in [9.17, 15) is 9.35 Å². The van der Waals surface area contributed by atoms with Crippen molar-refractivity contribution in [1.82, 2.24) is 19.4 Å². The summed E-state index contributed by atoms with van der Waals surface area (Å²) in [6, 6.07) is 1.98. The fraction of sp³-hybridized carbons (Fsp3) is 0.789. The Morgan fingerprint density at radius 3 is 2.48 bits per heavy atom. The molecule has 2 atom stereocenters. The highest BCUT2D eigenvalue weighted by atomic mass is 32.2. The number of carbonyl (C=O) groups is 1. The molecule has 2 aliphatic rings. The summed E-state index contributed by atoms with van der Waals surface area (Å²) in [5, 5.41) is 4.44. The van der Waals surface area contributed by atoms with Gasteiger partial charge in [-0.1, -0.05) is 0 Å². The number of piperidine rings is 1. The van der Waals surface area contributed by atoms with Gasteiger partial charge in [-0.25, -0.2) is 4.79 Å². The summed E-state index contributed by atoms with van der Waals surface area (Å²) in [5.41, 5.74) is 0.511. The van der Waals surface area contributed by atoms with E-state index >= 15 is 0 Å². The van der Waals surface area contributed by atoms with E-state index in [1.165, 1.54) is 0 Å². The second-order valence-corrected chi connectivity index (χ2v) is 11.7. The fourth-order valence-electron chi connectivity index (χ4n) is 3.80. The maximum absolute atomic E-state index is 12.8. The van der Waals surface area contributed by atoms with E-state index in [1.807, 2.05) is 52.3 Å². The normalized spacial score (nSPS) is 23.4. The van der Waals surface area contributed by atoms with Gasteiger partial charge in [0.2, 0.25) is 0 Å². The second-order valence-electron chi connectivity index (χ2n) is 9.68. The number of carbonyl (C=O) groups excluding carboxylic acids is 1. The predicted molar refractivity (Wildman–Crippen MR) is 105 cm³/mol. The van der Waals surface area contributed by atoms with Crippen molar-refractivity contribution in [2.45, 2.75) is 77.3 Å². The molecule has 3 rings (SSSR count). The molecule has 1 saturated heterocycles. The Kier molecular flexibility index (Phi) is 5.29. The van der Waals surface area contributed by atoms with Gasteiger partial charge in [-0.05, 0) is 60.5 Å². The number of likely N-dealkylation sites (tertiary alicyclic amines) is 1. The Morgan fingerprint density at radius 1 is 1.30 bits per heavy atom. The molecule has 152 valence electrons. The number of amides is 1. The zero-order valence-electron chi connectivity index (χ0n) is 17.2. The molecule has 0 aromatic carbocycles. The van der Waals surface area contributed by atoms with Crippen LogP contribution in [0.15, 0.2) is 12.3 Å². The molecule has 8 heteroatoms. The average molecular weight is 397 g/mol. The third kappa shape index (κ3) is 4.27. The van der Waals surface area contributed by atoms with Crippen molar-refractivity contribution < 1.29 is 14.1 Å². The predicted octanol–water partition coefficient (Wildman–Crippen LogP) is 3.01. The fourth-order valence-corrected chi connectivity index (χ4v) is 4.74. The lowest BCUT2D eigenvalue weighted by Gasteiger charge is -2.43. The first-order valence-corrected chi connectivity index (χ1v) is 10.7. The molecule has 27 heavy (non-hydrogen) atoms. The van der Waals surface area contributed by atoms with E-state index in [4.69, 9.17) is 4.74 Å². The molecule has 1 spiro atoms. The Labute approximate surface area is 165 Å². The molecule has 7 nitrogen and oxygen atoms in total. The van der Waals surface area contributed by atoms with E-state index in [-0.39, 0.29) is 22.3 Å². The van der Waals surface area contributed by atoms with Gasteiger partial charge in [0, 0.05) is 42.6 Å². The molecular formula is C19H32N4O3S. The Hall–Kier alpha value is -1.25. The Balaban J connectivity index is 1.73. The molecule has 2 aliphatic heterocycles. The molecule has 1 unspecified atom stereocenters. The van der Waals surface area contributed by atoms with E-state index in [2.05, 4.69) is 9.82 Å². The minimum atomic E-state index is -1.17. The molecule has 0 aliphatic carbocycles. The first-order chi connectivity index (χ1) is 12.4. The molecule has 1 aromatic rings. The van der Waals surface area contributed by atoms with Crippen LogP contribution in [0, 0.1) is 5.41 Å². The number of aromatic nitrogens is 2.